The first kappa shape index (κ1) is 14.7. The number of ether oxygens (including phenoxy) is 1. The fourth-order valence-electron chi connectivity index (χ4n) is 6.04. The van der Waals surface area contributed by atoms with Crippen molar-refractivity contribution in [2.75, 3.05) is 0 Å². The van der Waals surface area contributed by atoms with Crippen LogP contribution < -0.4 is 4.74 Å². The van der Waals surface area contributed by atoms with Crippen LogP contribution in [-0.4, -0.2) is 9.67 Å². The Morgan fingerprint density at radius 3 is 2.02 bits per heavy atom. The molecule has 0 bridgehead atoms. The molecule has 0 aliphatic carbocycles. The van der Waals surface area contributed by atoms with Crippen molar-refractivity contribution < 1.29 is 45.8 Å². The quantitative estimate of drug-likeness (QED) is 0.189. The zero-order valence-electron chi connectivity index (χ0n) is 49.3. The molecule has 0 amide bonds. The van der Waals surface area contributed by atoms with Crippen LogP contribution >= 0.6 is 0 Å². The Morgan fingerprint density at radius 1 is 0.500 bits per heavy atom. The van der Waals surface area contributed by atoms with Crippen molar-refractivity contribution in [3.05, 3.63) is 181 Å². The molecule has 0 unspecified atom stereocenters. The van der Waals surface area contributed by atoms with Gasteiger partial charge in [-0.25, -0.2) is 0 Å². The van der Waals surface area contributed by atoms with Gasteiger partial charge in [0.05, 0.1) is 48.2 Å². The molecule has 2 aromatic heterocycles. The SMILES string of the molecule is [2H]c1c([2H])c(Oc2cc(-c3ccccc3O)cc(-c3c([2H])c([2H])c4c(oc5c([2H])c([2H])c([2H])c([2H])c54)c3[2H])c2)c([2H])c(-c2c([2H])c([2H])c([2H])c([2H])c2-n2c3c([2H])c([2H])c([2H])c([2H])c3c3c([2H])c([2H])c([2H])c([2H])c32)c1[2H]. The van der Waals surface area contributed by atoms with E-state index in [0.29, 0.717) is 0 Å². The highest BCUT2D eigenvalue weighted by Crippen LogP contribution is 2.40. The van der Waals surface area contributed by atoms with E-state index in [1.807, 2.05) is 0 Å². The molecule has 0 aliphatic heterocycles. The standard InChI is InChI=1S/C48H31NO3/c50-46-22-9-4-15-38(46)34-26-33(31-24-25-42-41-18-5-10-23-47(41)52-48(42)30-31)28-36(29-34)51-35-13-11-12-32(27-35)37-14-1-6-19-43(37)49-44-20-7-2-16-39(44)40-17-3-8-21-45(40)49/h1-30,50H/i1D,2D,3D,5D,6D,7D,8D,10D,11D,12D,13D,14D,16D,17D,18D,19D,20D,21D,23D,24D,25D,27D,30D. The number of fused-ring (bicyclic) bond motifs is 6. The number of hydrogen-bond donors (Lipinski definition) is 1. The summed E-state index contributed by atoms with van der Waals surface area (Å²) in [6.45, 7) is 0. The van der Waals surface area contributed by atoms with Crippen LogP contribution in [0.25, 0.3) is 82.8 Å². The summed E-state index contributed by atoms with van der Waals surface area (Å²) in [5.41, 5.74) is -4.38. The number of hydrogen-bond acceptors (Lipinski definition) is 3. The monoisotopic (exact) mass is 692 g/mol. The van der Waals surface area contributed by atoms with Gasteiger partial charge in [-0.3, -0.25) is 0 Å². The maximum absolute atomic E-state index is 11.1. The van der Waals surface area contributed by atoms with E-state index >= 15 is 0 Å². The van der Waals surface area contributed by atoms with Crippen LogP contribution in [0.4, 0.5) is 0 Å². The maximum atomic E-state index is 11.1. The van der Waals surface area contributed by atoms with Crippen molar-refractivity contribution in [2.45, 2.75) is 0 Å². The van der Waals surface area contributed by atoms with Gasteiger partial charge in [0, 0.05) is 32.7 Å². The van der Waals surface area contributed by atoms with Gasteiger partial charge in [-0.15, -0.1) is 0 Å². The minimum Gasteiger partial charge on any atom is -0.507 e. The van der Waals surface area contributed by atoms with E-state index in [1.54, 1.807) is 6.07 Å². The number of aromatic nitrogens is 1. The molecule has 4 heteroatoms. The minimum absolute atomic E-state index is 0.0856. The number of furan rings is 1. The molecule has 10 rings (SSSR count). The number of benzene rings is 8. The second-order valence-electron chi connectivity index (χ2n) is 11.3. The Morgan fingerprint density at radius 2 is 1.19 bits per heavy atom. The Labute approximate surface area is 332 Å². The molecule has 0 saturated heterocycles. The van der Waals surface area contributed by atoms with Gasteiger partial charge in [0.1, 0.15) is 28.4 Å². The number of phenols is 1. The highest BCUT2D eigenvalue weighted by atomic mass is 16.5. The number of nitrogens with zero attached hydrogens (tertiary/aromatic N) is 1. The van der Waals surface area contributed by atoms with E-state index in [-0.39, 0.29) is 55.7 Å². The molecule has 1 N–H and O–H groups in total. The highest BCUT2D eigenvalue weighted by Gasteiger charge is 2.16. The lowest BCUT2D eigenvalue weighted by Gasteiger charge is -2.16. The van der Waals surface area contributed by atoms with Gasteiger partial charge in [0.2, 0.25) is 0 Å². The third-order valence-electron chi connectivity index (χ3n) is 8.29. The Hall–Kier alpha value is -7.04. The average molecular weight is 693 g/mol. The fourth-order valence-corrected chi connectivity index (χ4v) is 6.04. The van der Waals surface area contributed by atoms with Crippen molar-refractivity contribution in [3.8, 4) is 56.3 Å². The summed E-state index contributed by atoms with van der Waals surface area (Å²) in [5, 5.41) is 9.68. The number of phenolic OH excluding ortho intramolecular Hbond substituents is 1. The van der Waals surface area contributed by atoms with Crippen molar-refractivity contribution >= 4 is 43.7 Å². The molecule has 246 valence electrons. The molecule has 0 aliphatic rings. The van der Waals surface area contributed by atoms with Gasteiger partial charge in [-0.1, -0.05) is 109 Å². The summed E-state index contributed by atoms with van der Waals surface area (Å²) >= 11 is 0. The summed E-state index contributed by atoms with van der Waals surface area (Å²) in [5.74, 6) is -1.45. The number of rotatable bonds is 6. The van der Waals surface area contributed by atoms with Crippen molar-refractivity contribution in [1.29, 1.82) is 0 Å². The Balaban J connectivity index is 1.28. The van der Waals surface area contributed by atoms with E-state index in [2.05, 4.69) is 0 Å². The van der Waals surface area contributed by atoms with Crippen LogP contribution in [0.5, 0.6) is 17.2 Å². The molecule has 0 atom stereocenters. The average Bonchev–Trinajstić information content (AvgIpc) is 3.97. The van der Waals surface area contributed by atoms with Crippen molar-refractivity contribution in [2.24, 2.45) is 0 Å². The summed E-state index contributed by atoms with van der Waals surface area (Å²) < 4.78 is 217. The Bertz CT molecular complexity index is 4200. The molecule has 10 aromatic rings. The number of para-hydroxylation sites is 5. The third kappa shape index (κ3) is 5.00. The molecule has 0 saturated carbocycles. The molecular formula is C48H31NO3. The van der Waals surface area contributed by atoms with Crippen LogP contribution in [0.2, 0.25) is 0 Å². The van der Waals surface area contributed by atoms with Crippen LogP contribution in [0.1, 0.15) is 31.5 Å². The lowest BCUT2D eigenvalue weighted by Crippen LogP contribution is -1.97. The normalized spacial score (nSPS) is 17.7. The molecule has 8 aromatic carbocycles. The maximum Gasteiger partial charge on any atom is 0.136 e. The predicted molar refractivity (Wildman–Crippen MR) is 213 cm³/mol. The third-order valence-corrected chi connectivity index (χ3v) is 8.29. The van der Waals surface area contributed by atoms with E-state index < -0.39 is 183 Å². The first-order valence-corrected chi connectivity index (χ1v) is 15.5. The zero-order chi connectivity index (χ0) is 54.6. The fraction of sp³-hybridized carbons (Fsp3) is 0. The van der Waals surface area contributed by atoms with Crippen LogP contribution in [0.15, 0.2) is 186 Å². The summed E-state index contributed by atoms with van der Waals surface area (Å²) in [4.78, 5) is 0. The second kappa shape index (κ2) is 12.1. The van der Waals surface area contributed by atoms with E-state index in [4.69, 9.17) is 32.5 Å². The van der Waals surface area contributed by atoms with Gasteiger partial charge in [0.25, 0.3) is 0 Å². The van der Waals surface area contributed by atoms with Gasteiger partial charge in [-0.2, -0.15) is 0 Å². The molecule has 0 spiro atoms. The molecule has 4 nitrogen and oxygen atoms in total. The first-order valence-electron chi connectivity index (χ1n) is 27.0. The van der Waals surface area contributed by atoms with Gasteiger partial charge >= 0.3 is 0 Å². The second-order valence-corrected chi connectivity index (χ2v) is 11.3. The minimum atomic E-state index is -0.984. The van der Waals surface area contributed by atoms with Crippen molar-refractivity contribution in [1.82, 2.24) is 4.57 Å². The molecule has 0 radical (unpaired) electrons. The Kier molecular flexibility index (Phi) is 3.41. The predicted octanol–water partition coefficient (Wildman–Crippen LogP) is 13.2. The van der Waals surface area contributed by atoms with Gasteiger partial charge < -0.3 is 18.8 Å². The lowest BCUT2D eigenvalue weighted by molar-refractivity contribution is 0.476. The van der Waals surface area contributed by atoms with Gasteiger partial charge in [-0.05, 0) is 94.9 Å². The largest absolute Gasteiger partial charge is 0.507 e. The number of aromatic hydroxyl groups is 1. The molecule has 0 fully saturated rings. The summed E-state index contributed by atoms with van der Waals surface area (Å²) in [7, 11) is 0. The van der Waals surface area contributed by atoms with E-state index in [9.17, 15) is 13.3 Å². The first-order chi connectivity index (χ1) is 35.3. The van der Waals surface area contributed by atoms with E-state index in [1.165, 1.54) is 36.4 Å². The lowest BCUT2D eigenvalue weighted by atomic mass is 9.97. The van der Waals surface area contributed by atoms with Crippen LogP contribution in [0, 0.1) is 0 Å². The van der Waals surface area contributed by atoms with Crippen LogP contribution in [-0.2, 0) is 0 Å². The summed E-state index contributed by atoms with van der Waals surface area (Å²) in [6, 6.07) is -8.61. The van der Waals surface area contributed by atoms with E-state index in [0.717, 1.165) is 4.57 Å². The molecule has 2 heterocycles. The smallest absolute Gasteiger partial charge is 0.136 e. The van der Waals surface area contributed by atoms with Gasteiger partial charge in [0.15, 0.2) is 0 Å². The summed E-state index contributed by atoms with van der Waals surface area (Å²) in [6.07, 6.45) is 0. The molecule has 52 heavy (non-hydrogen) atoms. The molecular weight excluding hydrogens is 639 g/mol. The van der Waals surface area contributed by atoms with Crippen molar-refractivity contribution in [3.63, 3.8) is 0 Å². The zero-order valence-corrected chi connectivity index (χ0v) is 26.3. The topological polar surface area (TPSA) is 47.5 Å². The highest BCUT2D eigenvalue weighted by molar-refractivity contribution is 6.10. The van der Waals surface area contributed by atoms with Crippen LogP contribution in [0.3, 0.4) is 0 Å².